The molecule has 1 aliphatic rings. The first-order chi connectivity index (χ1) is 6.09. The van der Waals surface area contributed by atoms with Gasteiger partial charge >= 0.3 is 0 Å². The molecule has 0 fully saturated rings. The van der Waals surface area contributed by atoms with Crippen LogP contribution in [0.25, 0.3) is 0 Å². The zero-order valence-corrected chi connectivity index (χ0v) is 8.69. The summed E-state index contributed by atoms with van der Waals surface area (Å²) in [6, 6.07) is 3.11. The molecular formula is C10H8BrFO. The van der Waals surface area contributed by atoms with Crippen molar-refractivity contribution in [2.45, 2.75) is 13.3 Å². The van der Waals surface area contributed by atoms with E-state index >= 15 is 0 Å². The van der Waals surface area contributed by atoms with Crippen LogP contribution in [0.1, 0.15) is 22.8 Å². The van der Waals surface area contributed by atoms with Crippen molar-refractivity contribution in [3.05, 3.63) is 33.5 Å². The fourth-order valence-corrected chi connectivity index (χ4v) is 2.13. The van der Waals surface area contributed by atoms with E-state index in [9.17, 15) is 9.18 Å². The highest BCUT2D eigenvalue weighted by atomic mass is 79.9. The van der Waals surface area contributed by atoms with Crippen LogP contribution in [0.4, 0.5) is 4.39 Å². The summed E-state index contributed by atoms with van der Waals surface area (Å²) in [4.78, 5) is 11.5. The third-order valence-electron chi connectivity index (χ3n) is 2.38. The molecule has 0 spiro atoms. The first kappa shape index (κ1) is 8.88. The van der Waals surface area contributed by atoms with E-state index in [1.54, 1.807) is 6.07 Å². The largest absolute Gasteiger partial charge is 0.294 e. The smallest absolute Gasteiger partial charge is 0.166 e. The number of carbonyl (C=O) groups is 1. The topological polar surface area (TPSA) is 17.1 Å². The second-order valence-corrected chi connectivity index (χ2v) is 4.30. The molecule has 1 nitrogen and oxygen atoms in total. The molecule has 0 bridgehead atoms. The lowest BCUT2D eigenvalue weighted by molar-refractivity contribution is 0.0946. The number of carbonyl (C=O) groups excluding carboxylic acids is 1. The first-order valence-electron chi connectivity index (χ1n) is 4.11. The zero-order chi connectivity index (χ0) is 9.59. The minimum Gasteiger partial charge on any atom is -0.294 e. The molecule has 0 saturated carbocycles. The second kappa shape index (κ2) is 2.91. The van der Waals surface area contributed by atoms with Crippen LogP contribution in [0.2, 0.25) is 0 Å². The van der Waals surface area contributed by atoms with Crippen LogP contribution in [0.5, 0.6) is 0 Å². The second-order valence-electron chi connectivity index (χ2n) is 3.38. The van der Waals surface area contributed by atoms with Crippen LogP contribution in [-0.2, 0) is 6.42 Å². The van der Waals surface area contributed by atoms with Gasteiger partial charge in [-0.1, -0.05) is 22.9 Å². The van der Waals surface area contributed by atoms with E-state index in [2.05, 4.69) is 15.9 Å². The monoisotopic (exact) mass is 242 g/mol. The number of Topliss-reactive ketones (excluding diaryl/α,β-unsaturated/α-hetero) is 1. The Bertz CT molecular complexity index is 387. The maximum absolute atomic E-state index is 13.3. The predicted molar refractivity (Wildman–Crippen MR) is 51.3 cm³/mol. The first-order valence-corrected chi connectivity index (χ1v) is 4.91. The molecule has 3 heteroatoms. The lowest BCUT2D eigenvalue weighted by atomic mass is 10.1. The van der Waals surface area contributed by atoms with Crippen molar-refractivity contribution >= 4 is 21.7 Å². The van der Waals surface area contributed by atoms with E-state index in [1.807, 2.05) is 6.92 Å². The van der Waals surface area contributed by atoms with Gasteiger partial charge in [-0.05, 0) is 24.1 Å². The maximum Gasteiger partial charge on any atom is 0.166 e. The van der Waals surface area contributed by atoms with E-state index in [0.29, 0.717) is 22.0 Å². The van der Waals surface area contributed by atoms with Crippen molar-refractivity contribution in [2.24, 2.45) is 5.92 Å². The van der Waals surface area contributed by atoms with Gasteiger partial charge in [0.1, 0.15) is 5.82 Å². The van der Waals surface area contributed by atoms with Crippen LogP contribution >= 0.6 is 15.9 Å². The normalized spacial score (nSPS) is 20.5. The third-order valence-corrected chi connectivity index (χ3v) is 2.84. The van der Waals surface area contributed by atoms with Gasteiger partial charge in [0, 0.05) is 16.0 Å². The van der Waals surface area contributed by atoms with E-state index in [-0.39, 0.29) is 17.5 Å². The molecule has 1 atom stereocenters. The van der Waals surface area contributed by atoms with Gasteiger partial charge < -0.3 is 0 Å². The summed E-state index contributed by atoms with van der Waals surface area (Å²) in [5.74, 6) is -0.295. The summed E-state index contributed by atoms with van der Waals surface area (Å²) in [7, 11) is 0. The highest BCUT2D eigenvalue weighted by Crippen LogP contribution is 2.31. The van der Waals surface area contributed by atoms with Crippen LogP contribution in [0.15, 0.2) is 16.6 Å². The fourth-order valence-electron chi connectivity index (χ4n) is 1.70. The van der Waals surface area contributed by atoms with Gasteiger partial charge in [0.05, 0.1) is 0 Å². The Labute approximate surface area is 84.1 Å². The molecule has 0 radical (unpaired) electrons. The average Bonchev–Trinajstić information content (AvgIpc) is 2.32. The molecule has 1 aromatic carbocycles. The Kier molecular flexibility index (Phi) is 1.99. The Hall–Kier alpha value is -0.700. The van der Waals surface area contributed by atoms with Crippen molar-refractivity contribution in [1.29, 1.82) is 0 Å². The Morgan fingerprint density at radius 1 is 1.54 bits per heavy atom. The Morgan fingerprint density at radius 3 is 2.92 bits per heavy atom. The standard InChI is InChI=1S/C10H8BrFO/c1-5-2-7-8(10(5)13)3-6(11)4-9(7)12/h3-5H,2H2,1H3. The molecule has 0 aromatic heterocycles. The number of hydrogen-bond acceptors (Lipinski definition) is 1. The van der Waals surface area contributed by atoms with E-state index < -0.39 is 0 Å². The highest BCUT2D eigenvalue weighted by Gasteiger charge is 2.29. The van der Waals surface area contributed by atoms with E-state index in [0.717, 1.165) is 0 Å². The molecule has 1 unspecified atom stereocenters. The number of benzene rings is 1. The van der Waals surface area contributed by atoms with Crippen molar-refractivity contribution in [1.82, 2.24) is 0 Å². The number of rotatable bonds is 0. The van der Waals surface area contributed by atoms with Crippen LogP contribution in [0.3, 0.4) is 0 Å². The van der Waals surface area contributed by atoms with Gasteiger partial charge in [0.15, 0.2) is 5.78 Å². The summed E-state index contributed by atoms with van der Waals surface area (Å²) in [6.45, 7) is 1.83. The van der Waals surface area contributed by atoms with Gasteiger partial charge in [-0.15, -0.1) is 0 Å². The summed E-state index contributed by atoms with van der Waals surface area (Å²) in [5.41, 5.74) is 1.11. The zero-order valence-electron chi connectivity index (χ0n) is 7.10. The number of fused-ring (bicyclic) bond motifs is 1. The molecule has 0 aliphatic heterocycles. The van der Waals surface area contributed by atoms with Crippen molar-refractivity contribution < 1.29 is 9.18 Å². The van der Waals surface area contributed by atoms with Crippen molar-refractivity contribution in [2.75, 3.05) is 0 Å². The van der Waals surface area contributed by atoms with E-state index in [4.69, 9.17) is 0 Å². The van der Waals surface area contributed by atoms with E-state index in [1.165, 1.54) is 6.07 Å². The third kappa shape index (κ3) is 1.31. The van der Waals surface area contributed by atoms with Crippen LogP contribution in [0, 0.1) is 11.7 Å². The molecule has 2 rings (SSSR count). The summed E-state index contributed by atoms with van der Waals surface area (Å²) in [6.07, 6.45) is 0.535. The SMILES string of the molecule is CC1Cc2c(F)cc(Br)cc2C1=O. The minimum absolute atomic E-state index is 0.0511. The molecule has 0 N–H and O–H groups in total. The lowest BCUT2D eigenvalue weighted by Crippen LogP contribution is -2.02. The van der Waals surface area contributed by atoms with Gasteiger partial charge in [-0.3, -0.25) is 4.79 Å². The van der Waals surface area contributed by atoms with Gasteiger partial charge in [0.25, 0.3) is 0 Å². The van der Waals surface area contributed by atoms with Gasteiger partial charge in [-0.2, -0.15) is 0 Å². The molecule has 1 aromatic rings. The number of halogens is 2. The van der Waals surface area contributed by atoms with Crippen molar-refractivity contribution in [3.8, 4) is 0 Å². The molecule has 13 heavy (non-hydrogen) atoms. The van der Waals surface area contributed by atoms with Gasteiger partial charge in [-0.25, -0.2) is 4.39 Å². The highest BCUT2D eigenvalue weighted by molar-refractivity contribution is 9.10. The number of hydrogen-bond donors (Lipinski definition) is 0. The maximum atomic E-state index is 13.3. The quantitative estimate of drug-likeness (QED) is 0.684. The molecule has 0 heterocycles. The van der Waals surface area contributed by atoms with Crippen molar-refractivity contribution in [3.63, 3.8) is 0 Å². The average molecular weight is 243 g/mol. The fraction of sp³-hybridized carbons (Fsp3) is 0.300. The predicted octanol–water partition coefficient (Wildman–Crippen LogP) is 2.96. The lowest BCUT2D eigenvalue weighted by Gasteiger charge is -1.99. The number of ketones is 1. The summed E-state index contributed by atoms with van der Waals surface area (Å²) in [5, 5.41) is 0. The Morgan fingerprint density at radius 2 is 2.23 bits per heavy atom. The minimum atomic E-state index is -0.276. The molecule has 68 valence electrons. The summed E-state index contributed by atoms with van der Waals surface area (Å²) >= 11 is 3.17. The molecular weight excluding hydrogens is 235 g/mol. The van der Waals surface area contributed by atoms with Gasteiger partial charge in [0.2, 0.25) is 0 Å². The molecule has 0 amide bonds. The molecule has 1 aliphatic carbocycles. The van der Waals surface area contributed by atoms with Crippen LogP contribution < -0.4 is 0 Å². The Balaban J connectivity index is 2.64. The molecule has 0 saturated heterocycles. The van der Waals surface area contributed by atoms with Crippen LogP contribution in [-0.4, -0.2) is 5.78 Å². The summed E-state index contributed by atoms with van der Waals surface area (Å²) < 4.78 is 13.9.